The molecule has 0 saturated heterocycles. The van der Waals surface area contributed by atoms with Crippen molar-refractivity contribution in [2.24, 2.45) is 0 Å². The van der Waals surface area contributed by atoms with Crippen LogP contribution < -0.4 is 0 Å². The number of halogens is 2. The number of ether oxygens (including phenoxy) is 1. The molecule has 0 aliphatic heterocycles. The molecule has 0 heterocycles. The molecule has 0 N–H and O–H groups in total. The monoisotopic (exact) mass is 202 g/mol. The van der Waals surface area contributed by atoms with Gasteiger partial charge < -0.3 is 4.74 Å². The summed E-state index contributed by atoms with van der Waals surface area (Å²) in [5, 5.41) is 0. The molecule has 0 aromatic carbocycles. The molecule has 0 aromatic heterocycles. The van der Waals surface area contributed by atoms with E-state index in [1.54, 1.807) is 0 Å². The van der Waals surface area contributed by atoms with Crippen LogP contribution in [0.2, 0.25) is 0 Å². The first-order chi connectivity index (χ1) is 4.42. The Morgan fingerprint density at radius 2 is 2.00 bits per heavy atom. The summed E-state index contributed by atoms with van der Waals surface area (Å²) in [5.74, 6) is -1.93. The molecular weight excluding hydrogens is 194 g/mol. The van der Waals surface area contributed by atoms with Gasteiger partial charge in [0.05, 0.1) is 12.4 Å². The Morgan fingerprint density at radius 1 is 1.50 bits per heavy atom. The Morgan fingerprint density at radius 3 is 2.30 bits per heavy atom. The van der Waals surface area contributed by atoms with E-state index in [1.165, 1.54) is 6.26 Å². The Bertz CT molecular complexity index is 161. The van der Waals surface area contributed by atoms with Crippen molar-refractivity contribution in [1.29, 1.82) is 0 Å². The summed E-state index contributed by atoms with van der Waals surface area (Å²) in [5.41, 5.74) is 0. The maximum absolute atomic E-state index is 10.6. The van der Waals surface area contributed by atoms with Gasteiger partial charge in [-0.05, 0) is 36.3 Å². The highest BCUT2D eigenvalue weighted by atomic mass is 35.9. The van der Waals surface area contributed by atoms with E-state index in [0.717, 1.165) is 5.82 Å². The molecule has 0 fully saturated rings. The van der Waals surface area contributed by atoms with Crippen LogP contribution in [0.3, 0.4) is 0 Å². The van der Waals surface area contributed by atoms with Gasteiger partial charge in [0.15, 0.2) is 0 Å². The highest BCUT2D eigenvalue weighted by Crippen LogP contribution is 2.57. The van der Waals surface area contributed by atoms with E-state index in [-0.39, 0.29) is 6.10 Å². The minimum Gasteiger partial charge on any atom is -0.498 e. The fraction of sp³-hybridized carbons (Fsp3) is 0.600. The lowest BCUT2D eigenvalue weighted by atomic mass is 10.5. The first-order valence-electron chi connectivity index (χ1n) is 2.74. The lowest BCUT2D eigenvalue weighted by Gasteiger charge is -2.02. The highest BCUT2D eigenvalue weighted by molar-refractivity contribution is 8.10. The van der Waals surface area contributed by atoms with Crippen LogP contribution in [-0.2, 0) is 9.30 Å². The van der Waals surface area contributed by atoms with Crippen molar-refractivity contribution in [1.82, 2.24) is 0 Å². The topological polar surface area (TPSA) is 26.3 Å². The van der Waals surface area contributed by atoms with E-state index in [2.05, 4.69) is 0 Å². The summed E-state index contributed by atoms with van der Waals surface area (Å²) in [6.07, 6.45) is 1.31. The molecule has 0 saturated carbocycles. The third kappa shape index (κ3) is 8.35. The normalized spacial score (nSPS) is 12.9. The molecule has 2 nitrogen and oxygen atoms in total. The third-order valence-electron chi connectivity index (χ3n) is 0.585. The molecule has 0 aliphatic carbocycles. The summed E-state index contributed by atoms with van der Waals surface area (Å²) in [6, 6.07) is 0. The third-order valence-corrected chi connectivity index (χ3v) is 1.73. The van der Waals surface area contributed by atoms with Crippen LogP contribution in [0.1, 0.15) is 13.8 Å². The minimum atomic E-state index is -3.08. The summed E-state index contributed by atoms with van der Waals surface area (Å²) in [4.78, 5) is 0. The SMILES string of the molecule is CC(C)OC=CP(=O)(Cl)Cl. The minimum absolute atomic E-state index is 0.0520. The molecule has 0 aliphatic rings. The summed E-state index contributed by atoms with van der Waals surface area (Å²) in [7, 11) is 0. The van der Waals surface area contributed by atoms with Gasteiger partial charge in [0.25, 0.3) is 5.85 Å². The van der Waals surface area contributed by atoms with Crippen LogP contribution in [0.4, 0.5) is 0 Å². The highest BCUT2D eigenvalue weighted by Gasteiger charge is 2.06. The molecule has 0 unspecified atom stereocenters. The van der Waals surface area contributed by atoms with E-state index in [9.17, 15) is 4.57 Å². The molecule has 0 amide bonds. The Kier molecular flexibility index (Phi) is 4.42. The Hall–Kier alpha value is 0.350. The number of rotatable bonds is 3. The van der Waals surface area contributed by atoms with Crippen molar-refractivity contribution in [3.8, 4) is 0 Å². The summed E-state index contributed by atoms with van der Waals surface area (Å²) in [6.45, 7) is 3.69. The molecule has 5 heteroatoms. The second-order valence-electron chi connectivity index (χ2n) is 1.97. The van der Waals surface area contributed by atoms with E-state index in [4.69, 9.17) is 27.2 Å². The van der Waals surface area contributed by atoms with Crippen molar-refractivity contribution < 1.29 is 9.30 Å². The smallest absolute Gasteiger partial charge is 0.277 e. The van der Waals surface area contributed by atoms with Gasteiger partial charge in [0.1, 0.15) is 0 Å². The summed E-state index contributed by atoms with van der Waals surface area (Å²) < 4.78 is 15.5. The lowest BCUT2D eigenvalue weighted by Crippen LogP contribution is -1.93. The number of hydrogen-bond donors (Lipinski definition) is 0. The predicted molar refractivity (Wildman–Crippen MR) is 44.7 cm³/mol. The van der Waals surface area contributed by atoms with Crippen molar-refractivity contribution >= 4 is 28.3 Å². The zero-order valence-corrected chi connectivity index (χ0v) is 8.16. The van der Waals surface area contributed by atoms with Crippen LogP contribution in [0.25, 0.3) is 0 Å². The zero-order valence-electron chi connectivity index (χ0n) is 5.75. The predicted octanol–water partition coefficient (Wildman–Crippen LogP) is 3.55. The maximum atomic E-state index is 10.6. The zero-order chi connectivity index (χ0) is 8.20. The van der Waals surface area contributed by atoms with Gasteiger partial charge in [0, 0.05) is 5.82 Å². The fourth-order valence-corrected chi connectivity index (χ4v) is 0.751. The average molecular weight is 203 g/mol. The standard InChI is InChI=1S/C5H9Cl2O2P/c1-5(2)9-3-4-10(6,7)8/h3-5H,1-2H3. The van der Waals surface area contributed by atoms with Gasteiger partial charge in [0.2, 0.25) is 0 Å². The van der Waals surface area contributed by atoms with Crippen molar-refractivity contribution in [2.45, 2.75) is 20.0 Å². The van der Waals surface area contributed by atoms with Crippen LogP contribution in [0.15, 0.2) is 12.1 Å². The second-order valence-corrected chi connectivity index (χ2v) is 6.81. The quantitative estimate of drug-likeness (QED) is 0.517. The van der Waals surface area contributed by atoms with Crippen LogP contribution in [-0.4, -0.2) is 6.10 Å². The van der Waals surface area contributed by atoms with Gasteiger partial charge in [-0.2, -0.15) is 0 Å². The van der Waals surface area contributed by atoms with E-state index in [1.807, 2.05) is 13.8 Å². The van der Waals surface area contributed by atoms with Gasteiger partial charge in [-0.1, -0.05) is 0 Å². The van der Waals surface area contributed by atoms with Gasteiger partial charge >= 0.3 is 0 Å². The molecule has 0 rings (SSSR count). The molecule has 0 aromatic rings. The van der Waals surface area contributed by atoms with Crippen molar-refractivity contribution in [3.63, 3.8) is 0 Å². The lowest BCUT2D eigenvalue weighted by molar-refractivity contribution is 0.180. The molecule has 0 bridgehead atoms. The average Bonchev–Trinajstić information content (AvgIpc) is 1.59. The Labute approximate surface area is 70.1 Å². The first kappa shape index (κ1) is 10.3. The van der Waals surface area contributed by atoms with Crippen molar-refractivity contribution in [2.75, 3.05) is 0 Å². The number of hydrogen-bond acceptors (Lipinski definition) is 2. The van der Waals surface area contributed by atoms with Crippen molar-refractivity contribution in [3.05, 3.63) is 12.1 Å². The molecule has 0 atom stereocenters. The molecule has 0 spiro atoms. The summed E-state index contributed by atoms with van der Waals surface area (Å²) >= 11 is 10.3. The van der Waals surface area contributed by atoms with Crippen LogP contribution >= 0.6 is 28.3 Å². The second kappa shape index (κ2) is 4.27. The first-order valence-corrected chi connectivity index (χ1v) is 6.32. The Balaban J connectivity index is 3.68. The largest absolute Gasteiger partial charge is 0.498 e. The molecule has 60 valence electrons. The maximum Gasteiger partial charge on any atom is 0.277 e. The fourth-order valence-electron chi connectivity index (χ4n) is 0.263. The van der Waals surface area contributed by atoms with E-state index < -0.39 is 5.85 Å². The van der Waals surface area contributed by atoms with E-state index >= 15 is 0 Å². The molecular formula is C5H9Cl2O2P. The molecule has 0 radical (unpaired) electrons. The van der Waals surface area contributed by atoms with Gasteiger partial charge in [-0.25, -0.2) is 0 Å². The van der Waals surface area contributed by atoms with Gasteiger partial charge in [-0.15, -0.1) is 0 Å². The van der Waals surface area contributed by atoms with Crippen LogP contribution in [0, 0.1) is 0 Å². The van der Waals surface area contributed by atoms with Gasteiger partial charge in [-0.3, -0.25) is 4.57 Å². The van der Waals surface area contributed by atoms with Crippen LogP contribution in [0.5, 0.6) is 0 Å². The molecule has 10 heavy (non-hydrogen) atoms. The van der Waals surface area contributed by atoms with E-state index in [0.29, 0.717) is 0 Å².